The molecule has 4 aliphatic rings. The molecule has 4 aliphatic heterocycles. The van der Waals surface area contributed by atoms with Crippen LogP contribution in [-0.2, 0) is 19.1 Å². The number of esters is 1. The highest BCUT2D eigenvalue weighted by Crippen LogP contribution is 2.65. The molecule has 5 atom stereocenters. The normalized spacial score (nSPS) is 34.3. The van der Waals surface area contributed by atoms with Crippen molar-refractivity contribution >= 4 is 29.5 Å². The molecule has 0 aliphatic carbocycles. The Morgan fingerprint density at radius 2 is 1.74 bits per heavy atom. The van der Waals surface area contributed by atoms with Crippen molar-refractivity contribution in [2.75, 3.05) is 26.3 Å². The number of cyclic esters (lactones) is 1. The summed E-state index contributed by atoms with van der Waals surface area (Å²) in [5.41, 5.74) is -0.402. The minimum absolute atomic E-state index is 0.0160. The number of carbonyl (C=O) groups is 3. The van der Waals surface area contributed by atoms with Crippen molar-refractivity contribution in [3.05, 3.63) is 24.3 Å². The standard InChI is InChI=1S/C31H48N2O5S/c1-28(2,3)21-29(4,5)33-18-14-16-31-22(25(35)32(24(31)26(33)36)17-11-9-12-19-34)23-27(37)38-20-13-8-7-10-15-30(23,6)39-31/h10,14-16,22-24,34H,7-9,11-13,17-21H2,1-6H3/b15-10-/t22-,23-,24?,30+,31-/m0/s1. The maximum absolute atomic E-state index is 14.7. The van der Waals surface area contributed by atoms with Crippen molar-refractivity contribution < 1.29 is 24.2 Å². The van der Waals surface area contributed by atoms with Gasteiger partial charge in [-0.1, -0.05) is 45.1 Å². The van der Waals surface area contributed by atoms with Gasteiger partial charge in [-0.15, -0.1) is 11.8 Å². The lowest BCUT2D eigenvalue weighted by Gasteiger charge is -2.44. The number of ether oxygens (including phenoxy) is 1. The van der Waals surface area contributed by atoms with Gasteiger partial charge < -0.3 is 19.6 Å². The first-order valence-electron chi connectivity index (χ1n) is 14.7. The summed E-state index contributed by atoms with van der Waals surface area (Å²) in [5, 5.41) is 9.29. The second kappa shape index (κ2) is 11.2. The largest absolute Gasteiger partial charge is 0.465 e. The Morgan fingerprint density at radius 3 is 2.44 bits per heavy atom. The summed E-state index contributed by atoms with van der Waals surface area (Å²) >= 11 is 1.61. The molecule has 0 aromatic rings. The monoisotopic (exact) mass is 560 g/mol. The molecule has 1 N–H and O–H groups in total. The fourth-order valence-corrected chi connectivity index (χ4v) is 9.70. The van der Waals surface area contributed by atoms with Gasteiger partial charge in [0.25, 0.3) is 0 Å². The average molecular weight is 561 g/mol. The molecular weight excluding hydrogens is 512 g/mol. The summed E-state index contributed by atoms with van der Waals surface area (Å²) in [5.74, 6) is -1.83. The quantitative estimate of drug-likeness (QED) is 0.275. The van der Waals surface area contributed by atoms with E-state index in [9.17, 15) is 19.5 Å². The van der Waals surface area contributed by atoms with E-state index >= 15 is 0 Å². The highest BCUT2D eigenvalue weighted by molar-refractivity contribution is 8.02. The molecule has 0 saturated carbocycles. The Hall–Kier alpha value is -1.80. The number of allylic oxidation sites excluding steroid dienone is 1. The second-order valence-electron chi connectivity index (χ2n) is 13.8. The number of aliphatic hydroxyl groups is 1. The molecular formula is C31H48N2O5S. The molecule has 0 aromatic heterocycles. The van der Waals surface area contributed by atoms with E-state index in [4.69, 9.17) is 4.74 Å². The Bertz CT molecular complexity index is 1020. The Kier molecular flexibility index (Phi) is 8.69. The summed E-state index contributed by atoms with van der Waals surface area (Å²) < 4.78 is 4.25. The molecule has 0 bridgehead atoms. The van der Waals surface area contributed by atoms with Gasteiger partial charge in [0.1, 0.15) is 6.04 Å². The number of thioether (sulfide) groups is 1. The van der Waals surface area contributed by atoms with Gasteiger partial charge in [-0.25, -0.2) is 0 Å². The van der Waals surface area contributed by atoms with Crippen LogP contribution in [0.4, 0.5) is 0 Å². The van der Waals surface area contributed by atoms with E-state index < -0.39 is 32.9 Å². The Balaban J connectivity index is 1.80. The van der Waals surface area contributed by atoms with Crippen LogP contribution in [0, 0.1) is 17.3 Å². The highest BCUT2D eigenvalue weighted by Gasteiger charge is 2.74. The molecule has 4 rings (SSSR count). The van der Waals surface area contributed by atoms with Crippen LogP contribution in [0.3, 0.4) is 0 Å². The topological polar surface area (TPSA) is 87.2 Å². The zero-order chi connectivity index (χ0) is 28.6. The number of nitrogens with zero attached hydrogens (tertiary/aromatic N) is 2. The van der Waals surface area contributed by atoms with Gasteiger partial charge >= 0.3 is 5.97 Å². The summed E-state index contributed by atoms with van der Waals surface area (Å²) in [6, 6.07) is -0.692. The molecule has 1 spiro atoms. The van der Waals surface area contributed by atoms with E-state index in [1.54, 1.807) is 16.7 Å². The van der Waals surface area contributed by atoms with Gasteiger partial charge in [0.15, 0.2) is 0 Å². The average Bonchev–Trinajstić information content (AvgIpc) is 3.14. The van der Waals surface area contributed by atoms with Crippen LogP contribution in [0.25, 0.3) is 0 Å². The van der Waals surface area contributed by atoms with Crippen LogP contribution < -0.4 is 0 Å². The van der Waals surface area contributed by atoms with Gasteiger partial charge in [-0.3, -0.25) is 14.4 Å². The predicted molar refractivity (Wildman–Crippen MR) is 155 cm³/mol. The molecule has 2 fully saturated rings. The lowest BCUT2D eigenvalue weighted by Crippen LogP contribution is -2.58. The smallest absolute Gasteiger partial charge is 0.311 e. The molecule has 2 saturated heterocycles. The van der Waals surface area contributed by atoms with Crippen LogP contribution in [0.1, 0.15) is 86.5 Å². The number of carbonyl (C=O) groups excluding carboxylic acids is 3. The number of amides is 2. The maximum atomic E-state index is 14.7. The lowest BCUT2D eigenvalue weighted by molar-refractivity contribution is -0.154. The third-order valence-corrected chi connectivity index (χ3v) is 10.5. The summed E-state index contributed by atoms with van der Waals surface area (Å²) in [6.45, 7) is 14.2. The lowest BCUT2D eigenvalue weighted by atomic mass is 9.74. The third-order valence-electron chi connectivity index (χ3n) is 8.75. The minimum atomic E-state index is -0.853. The molecule has 0 radical (unpaired) electrons. The van der Waals surface area contributed by atoms with Crippen LogP contribution in [0.2, 0.25) is 0 Å². The number of hydrogen-bond donors (Lipinski definition) is 1. The van der Waals surface area contributed by atoms with Gasteiger partial charge in [-0.2, -0.15) is 0 Å². The number of rotatable bonds is 7. The first-order chi connectivity index (χ1) is 18.3. The zero-order valence-corrected chi connectivity index (χ0v) is 25.5. The van der Waals surface area contributed by atoms with Crippen LogP contribution in [0.5, 0.6) is 0 Å². The summed E-state index contributed by atoms with van der Waals surface area (Å²) in [6.07, 6.45) is 14.0. The van der Waals surface area contributed by atoms with Gasteiger partial charge in [0, 0.05) is 30.0 Å². The zero-order valence-electron chi connectivity index (χ0n) is 24.7. The molecule has 218 valence electrons. The fraction of sp³-hybridized carbons (Fsp3) is 0.774. The Labute approximate surface area is 238 Å². The molecule has 2 amide bonds. The molecule has 4 heterocycles. The second-order valence-corrected chi connectivity index (χ2v) is 15.6. The van der Waals surface area contributed by atoms with Crippen LogP contribution in [0.15, 0.2) is 24.3 Å². The first kappa shape index (κ1) is 30.2. The van der Waals surface area contributed by atoms with E-state index in [0.29, 0.717) is 32.5 Å². The third kappa shape index (κ3) is 5.70. The SMILES string of the molecule is CC(C)(C)CC(C)(C)N1CC=C[C@]23S[C@]4(C)/C=C\CCCCOC(=O)[C@@H]4[C@H]2C(=O)N(CCCCCO)C3C1=O. The number of unbranched alkanes of at least 4 members (excludes halogenated alkanes) is 2. The molecule has 8 heteroatoms. The number of hydrogen-bond acceptors (Lipinski definition) is 6. The predicted octanol–water partition coefficient (Wildman–Crippen LogP) is 4.73. The van der Waals surface area contributed by atoms with Gasteiger partial charge in [-0.05, 0) is 71.1 Å². The maximum Gasteiger partial charge on any atom is 0.311 e. The van der Waals surface area contributed by atoms with E-state index in [-0.39, 0.29) is 29.8 Å². The van der Waals surface area contributed by atoms with Crippen molar-refractivity contribution in [1.29, 1.82) is 0 Å². The van der Waals surface area contributed by atoms with Crippen molar-refractivity contribution in [1.82, 2.24) is 9.80 Å². The molecule has 39 heavy (non-hydrogen) atoms. The number of likely N-dealkylation sites (tertiary alicyclic amines) is 1. The number of fused-ring (bicyclic) bond motifs is 2. The molecule has 0 aromatic carbocycles. The van der Waals surface area contributed by atoms with Crippen LogP contribution >= 0.6 is 11.8 Å². The molecule has 1 unspecified atom stereocenters. The van der Waals surface area contributed by atoms with Gasteiger partial charge in [0.2, 0.25) is 11.8 Å². The number of aliphatic hydroxyl groups excluding tert-OH is 1. The van der Waals surface area contributed by atoms with Crippen molar-refractivity contribution in [2.45, 2.75) is 108 Å². The first-order valence-corrected chi connectivity index (χ1v) is 15.5. The van der Waals surface area contributed by atoms with E-state index in [1.807, 2.05) is 11.8 Å². The fourth-order valence-electron chi connectivity index (χ4n) is 7.55. The van der Waals surface area contributed by atoms with E-state index in [2.05, 4.69) is 58.9 Å². The van der Waals surface area contributed by atoms with Gasteiger partial charge in [0.05, 0.1) is 23.2 Å². The van der Waals surface area contributed by atoms with Crippen molar-refractivity contribution in [3.63, 3.8) is 0 Å². The summed E-state index contributed by atoms with van der Waals surface area (Å²) in [7, 11) is 0. The van der Waals surface area contributed by atoms with E-state index in [1.165, 1.54) is 0 Å². The summed E-state index contributed by atoms with van der Waals surface area (Å²) in [4.78, 5) is 46.4. The van der Waals surface area contributed by atoms with Crippen molar-refractivity contribution in [2.24, 2.45) is 17.3 Å². The minimum Gasteiger partial charge on any atom is -0.465 e. The molecule has 7 nitrogen and oxygen atoms in total. The van der Waals surface area contributed by atoms with E-state index in [0.717, 1.165) is 32.1 Å². The highest BCUT2D eigenvalue weighted by atomic mass is 32.2. The Morgan fingerprint density at radius 1 is 1.00 bits per heavy atom. The van der Waals surface area contributed by atoms with Crippen molar-refractivity contribution in [3.8, 4) is 0 Å². The van der Waals surface area contributed by atoms with Crippen LogP contribution in [-0.4, -0.2) is 80.1 Å².